The van der Waals surface area contributed by atoms with Crippen LogP contribution in [0.15, 0.2) is 39.9 Å². The summed E-state index contributed by atoms with van der Waals surface area (Å²) in [4.78, 5) is 28.4. The van der Waals surface area contributed by atoms with Crippen molar-refractivity contribution < 1.29 is 4.74 Å². The van der Waals surface area contributed by atoms with E-state index in [1.807, 2.05) is 24.3 Å². The third-order valence-electron chi connectivity index (χ3n) is 4.78. The first-order chi connectivity index (χ1) is 12.5. The Kier molecular flexibility index (Phi) is 5.32. The lowest BCUT2D eigenvalue weighted by atomic mass is 10.3. The highest BCUT2D eigenvalue weighted by Gasteiger charge is 2.20. The van der Waals surface area contributed by atoms with Gasteiger partial charge in [0, 0.05) is 52.9 Å². The molecule has 8 heteroatoms. The summed E-state index contributed by atoms with van der Waals surface area (Å²) >= 11 is 0. The SMILES string of the molecule is Cn1c(N2CCN(CCOc3ccccc3N)CC2)cc(=O)n(C)c1=O. The van der Waals surface area contributed by atoms with E-state index in [1.165, 1.54) is 17.7 Å². The highest BCUT2D eigenvalue weighted by atomic mass is 16.5. The van der Waals surface area contributed by atoms with Gasteiger partial charge in [0.2, 0.25) is 0 Å². The van der Waals surface area contributed by atoms with Crippen molar-refractivity contribution in [2.75, 3.05) is 50.0 Å². The lowest BCUT2D eigenvalue weighted by molar-refractivity contribution is 0.200. The largest absolute Gasteiger partial charge is 0.490 e. The van der Waals surface area contributed by atoms with E-state index in [0.717, 1.165) is 37.3 Å². The number of ether oxygens (including phenoxy) is 1. The van der Waals surface area contributed by atoms with Crippen molar-refractivity contribution in [3.63, 3.8) is 0 Å². The summed E-state index contributed by atoms with van der Waals surface area (Å²) in [6, 6.07) is 9.00. The molecule has 1 saturated heterocycles. The van der Waals surface area contributed by atoms with Crippen molar-refractivity contribution in [2.45, 2.75) is 0 Å². The third-order valence-corrected chi connectivity index (χ3v) is 4.78. The molecule has 1 aliphatic rings. The van der Waals surface area contributed by atoms with E-state index in [4.69, 9.17) is 10.5 Å². The van der Waals surface area contributed by atoms with Gasteiger partial charge in [-0.05, 0) is 12.1 Å². The number of nitrogens with two attached hydrogens (primary N) is 1. The number of para-hydroxylation sites is 2. The maximum Gasteiger partial charge on any atom is 0.332 e. The Balaban J connectivity index is 1.54. The van der Waals surface area contributed by atoms with Crippen LogP contribution in [0, 0.1) is 0 Å². The summed E-state index contributed by atoms with van der Waals surface area (Å²) < 4.78 is 8.39. The first kappa shape index (κ1) is 18.1. The highest BCUT2D eigenvalue weighted by Crippen LogP contribution is 2.19. The third kappa shape index (κ3) is 3.75. The molecule has 8 nitrogen and oxygen atoms in total. The van der Waals surface area contributed by atoms with Gasteiger partial charge in [0.25, 0.3) is 5.56 Å². The van der Waals surface area contributed by atoms with E-state index < -0.39 is 0 Å². The molecule has 0 radical (unpaired) electrons. The second-order valence-corrected chi connectivity index (χ2v) is 6.46. The molecule has 1 aliphatic heterocycles. The van der Waals surface area contributed by atoms with Gasteiger partial charge < -0.3 is 15.4 Å². The summed E-state index contributed by atoms with van der Waals surface area (Å²) in [5.74, 6) is 1.38. The van der Waals surface area contributed by atoms with Crippen molar-refractivity contribution in [1.29, 1.82) is 0 Å². The normalized spacial score (nSPS) is 15.2. The number of hydrogen-bond acceptors (Lipinski definition) is 6. The Morgan fingerprint density at radius 2 is 1.73 bits per heavy atom. The van der Waals surface area contributed by atoms with E-state index in [2.05, 4.69) is 9.80 Å². The maximum atomic E-state index is 12.1. The molecule has 140 valence electrons. The van der Waals surface area contributed by atoms with Crippen LogP contribution in [-0.2, 0) is 14.1 Å². The molecular formula is C18H25N5O3. The average Bonchev–Trinajstić information content (AvgIpc) is 2.65. The van der Waals surface area contributed by atoms with Gasteiger partial charge in [-0.2, -0.15) is 0 Å². The minimum atomic E-state index is -0.302. The van der Waals surface area contributed by atoms with Gasteiger partial charge in [0.05, 0.1) is 5.69 Å². The van der Waals surface area contributed by atoms with Gasteiger partial charge in [-0.1, -0.05) is 12.1 Å². The zero-order chi connectivity index (χ0) is 18.7. The number of rotatable bonds is 5. The topological polar surface area (TPSA) is 85.7 Å². The summed E-state index contributed by atoms with van der Waals surface area (Å²) in [5, 5.41) is 0. The number of aromatic nitrogens is 2. The first-order valence-corrected chi connectivity index (χ1v) is 8.69. The molecule has 0 bridgehead atoms. The molecule has 1 aromatic heterocycles. The molecule has 0 spiro atoms. The maximum absolute atomic E-state index is 12.1. The zero-order valence-electron chi connectivity index (χ0n) is 15.2. The second-order valence-electron chi connectivity index (χ2n) is 6.46. The monoisotopic (exact) mass is 359 g/mol. The predicted octanol–water partition coefficient (Wildman–Crippen LogP) is -0.133. The molecule has 3 rings (SSSR count). The van der Waals surface area contributed by atoms with Crippen molar-refractivity contribution >= 4 is 11.5 Å². The Labute approximate surface area is 152 Å². The van der Waals surface area contributed by atoms with Crippen LogP contribution in [0.2, 0.25) is 0 Å². The number of nitrogen functional groups attached to an aromatic ring is 1. The first-order valence-electron chi connectivity index (χ1n) is 8.69. The summed E-state index contributed by atoms with van der Waals surface area (Å²) in [5.41, 5.74) is 5.93. The molecule has 2 heterocycles. The molecule has 0 saturated carbocycles. The molecule has 1 aromatic carbocycles. The van der Waals surface area contributed by atoms with Crippen molar-refractivity contribution in [3.05, 3.63) is 51.2 Å². The van der Waals surface area contributed by atoms with Crippen molar-refractivity contribution in [1.82, 2.24) is 14.0 Å². The van der Waals surface area contributed by atoms with Gasteiger partial charge in [-0.25, -0.2) is 4.79 Å². The van der Waals surface area contributed by atoms with E-state index in [0.29, 0.717) is 23.9 Å². The lowest BCUT2D eigenvalue weighted by Gasteiger charge is -2.36. The molecule has 2 N–H and O–H groups in total. The molecule has 0 atom stereocenters. The average molecular weight is 359 g/mol. The standard InChI is InChI=1S/C18H25N5O3/c1-20-16(13-17(24)21(2)18(20)25)23-9-7-22(8-10-23)11-12-26-15-6-4-3-5-14(15)19/h3-6,13H,7-12,19H2,1-2H3. The van der Waals surface area contributed by atoms with Gasteiger partial charge in [-0.3, -0.25) is 18.8 Å². The van der Waals surface area contributed by atoms with Crippen LogP contribution >= 0.6 is 0 Å². The van der Waals surface area contributed by atoms with Crippen LogP contribution in [0.4, 0.5) is 11.5 Å². The van der Waals surface area contributed by atoms with E-state index in [1.54, 1.807) is 7.05 Å². The zero-order valence-corrected chi connectivity index (χ0v) is 15.2. The number of anilines is 2. The second kappa shape index (κ2) is 7.65. The summed E-state index contributed by atoms with van der Waals surface area (Å²) in [7, 11) is 3.19. The van der Waals surface area contributed by atoms with Crippen LogP contribution in [0.5, 0.6) is 5.75 Å². The van der Waals surface area contributed by atoms with E-state index in [-0.39, 0.29) is 11.2 Å². The Morgan fingerprint density at radius 1 is 1.04 bits per heavy atom. The Morgan fingerprint density at radius 3 is 2.42 bits per heavy atom. The molecule has 1 fully saturated rings. The summed E-state index contributed by atoms with van der Waals surface area (Å²) in [6.45, 7) is 4.58. The fourth-order valence-corrected chi connectivity index (χ4v) is 3.12. The number of nitrogens with zero attached hydrogens (tertiary/aromatic N) is 4. The Bertz CT molecular complexity index is 881. The van der Waals surface area contributed by atoms with Gasteiger partial charge in [0.15, 0.2) is 0 Å². The predicted molar refractivity (Wildman–Crippen MR) is 102 cm³/mol. The van der Waals surface area contributed by atoms with Gasteiger partial charge in [-0.15, -0.1) is 0 Å². The highest BCUT2D eigenvalue weighted by molar-refractivity contribution is 5.51. The van der Waals surface area contributed by atoms with Crippen LogP contribution < -0.4 is 26.6 Å². The van der Waals surface area contributed by atoms with Crippen LogP contribution in [0.3, 0.4) is 0 Å². The number of benzene rings is 1. The molecular weight excluding hydrogens is 334 g/mol. The number of piperazine rings is 1. The smallest absolute Gasteiger partial charge is 0.332 e. The fourth-order valence-electron chi connectivity index (χ4n) is 3.12. The van der Waals surface area contributed by atoms with E-state index in [9.17, 15) is 9.59 Å². The quantitative estimate of drug-likeness (QED) is 0.749. The Hall–Kier alpha value is -2.74. The molecule has 0 aliphatic carbocycles. The van der Waals surface area contributed by atoms with Gasteiger partial charge in [0.1, 0.15) is 18.2 Å². The van der Waals surface area contributed by atoms with Crippen molar-refractivity contribution in [3.8, 4) is 5.75 Å². The van der Waals surface area contributed by atoms with E-state index >= 15 is 0 Å². The lowest BCUT2D eigenvalue weighted by Crippen LogP contribution is -2.50. The minimum absolute atomic E-state index is 0.278. The van der Waals surface area contributed by atoms with Crippen LogP contribution in [0.25, 0.3) is 0 Å². The molecule has 2 aromatic rings. The van der Waals surface area contributed by atoms with Gasteiger partial charge >= 0.3 is 5.69 Å². The minimum Gasteiger partial charge on any atom is -0.490 e. The fraction of sp³-hybridized carbons (Fsp3) is 0.444. The number of hydrogen-bond donors (Lipinski definition) is 1. The molecule has 0 amide bonds. The van der Waals surface area contributed by atoms with Crippen LogP contribution in [-0.4, -0.2) is 53.4 Å². The molecule has 26 heavy (non-hydrogen) atoms. The van der Waals surface area contributed by atoms with Crippen molar-refractivity contribution in [2.24, 2.45) is 14.1 Å². The molecule has 0 unspecified atom stereocenters. The summed E-state index contributed by atoms with van der Waals surface area (Å²) in [6.07, 6.45) is 0. The van der Waals surface area contributed by atoms with Crippen LogP contribution in [0.1, 0.15) is 0 Å².